The number of carboxylic acid groups (broad SMARTS) is 1. The molecule has 0 spiro atoms. The summed E-state index contributed by atoms with van der Waals surface area (Å²) in [5.41, 5.74) is 2.79. The summed E-state index contributed by atoms with van der Waals surface area (Å²) in [6, 6.07) is 18.8. The van der Waals surface area contributed by atoms with E-state index < -0.39 is 16.0 Å². The van der Waals surface area contributed by atoms with Crippen molar-refractivity contribution in [3.63, 3.8) is 0 Å². The Balaban J connectivity index is 1.60. The summed E-state index contributed by atoms with van der Waals surface area (Å²) in [7, 11) is -3.89. The first kappa shape index (κ1) is 22.9. The van der Waals surface area contributed by atoms with Crippen LogP contribution in [0.25, 0.3) is 0 Å². The number of anilines is 3. The number of carbonyl (C=O) groups is 1. The average Bonchev–Trinajstić information content (AvgIpc) is 2.79. The second-order valence-electron chi connectivity index (χ2n) is 7.91. The van der Waals surface area contributed by atoms with Gasteiger partial charge in [-0.25, -0.2) is 13.2 Å². The predicted octanol–water partition coefficient (Wildman–Crippen LogP) is 4.47. The van der Waals surface area contributed by atoms with E-state index in [2.05, 4.69) is 14.5 Å². The molecular weight excluding hydrogens is 462 g/mol. The molecule has 9 heteroatoms. The van der Waals surface area contributed by atoms with Crippen LogP contribution < -0.4 is 14.5 Å². The summed E-state index contributed by atoms with van der Waals surface area (Å²) in [5, 5.41) is 10.1. The third kappa shape index (κ3) is 5.23. The maximum atomic E-state index is 13.0. The Bertz CT molecular complexity index is 1270. The molecule has 0 amide bonds. The van der Waals surface area contributed by atoms with Crippen LogP contribution in [0.1, 0.15) is 15.9 Å². The third-order valence-corrected chi connectivity index (χ3v) is 7.21. The van der Waals surface area contributed by atoms with Crippen molar-refractivity contribution in [3.8, 4) is 0 Å². The van der Waals surface area contributed by atoms with Gasteiger partial charge in [-0.05, 0) is 67.1 Å². The van der Waals surface area contributed by atoms with Crippen LogP contribution in [-0.4, -0.2) is 45.7 Å². The minimum Gasteiger partial charge on any atom is -0.478 e. The van der Waals surface area contributed by atoms with Crippen molar-refractivity contribution >= 4 is 44.7 Å². The molecular formula is C24H24ClN3O4S. The van der Waals surface area contributed by atoms with Gasteiger partial charge in [-0.1, -0.05) is 23.7 Å². The minimum atomic E-state index is -3.89. The van der Waals surface area contributed by atoms with Gasteiger partial charge >= 0.3 is 5.97 Å². The number of carboxylic acids is 1. The number of rotatable bonds is 6. The summed E-state index contributed by atoms with van der Waals surface area (Å²) >= 11 is 5.99. The minimum absolute atomic E-state index is 0.0143. The molecule has 1 saturated heterocycles. The topological polar surface area (TPSA) is 89.9 Å². The van der Waals surface area contributed by atoms with Crippen LogP contribution in [0.2, 0.25) is 5.02 Å². The van der Waals surface area contributed by atoms with Crippen molar-refractivity contribution in [2.45, 2.75) is 11.8 Å². The molecule has 0 atom stereocenters. The fraction of sp³-hybridized carbons (Fsp3) is 0.208. The number of aromatic carboxylic acids is 1. The molecule has 0 bridgehead atoms. The van der Waals surface area contributed by atoms with E-state index in [4.69, 9.17) is 11.6 Å². The lowest BCUT2D eigenvalue weighted by Gasteiger charge is -2.38. The van der Waals surface area contributed by atoms with Crippen molar-refractivity contribution in [1.29, 1.82) is 0 Å². The number of nitrogens with one attached hydrogen (secondary N) is 1. The first-order chi connectivity index (χ1) is 15.7. The van der Waals surface area contributed by atoms with Crippen LogP contribution in [-0.2, 0) is 10.0 Å². The smallest absolute Gasteiger partial charge is 0.335 e. The van der Waals surface area contributed by atoms with E-state index >= 15 is 0 Å². The number of sulfonamides is 1. The Labute approximate surface area is 198 Å². The Morgan fingerprint density at radius 3 is 2.24 bits per heavy atom. The van der Waals surface area contributed by atoms with Gasteiger partial charge in [0.25, 0.3) is 10.0 Å². The zero-order valence-corrected chi connectivity index (χ0v) is 19.6. The van der Waals surface area contributed by atoms with Gasteiger partial charge in [0, 0.05) is 36.9 Å². The van der Waals surface area contributed by atoms with Crippen LogP contribution in [0.4, 0.5) is 17.1 Å². The molecule has 0 radical (unpaired) electrons. The molecule has 1 heterocycles. The number of hydrogen-bond donors (Lipinski definition) is 2. The van der Waals surface area contributed by atoms with E-state index in [9.17, 15) is 18.3 Å². The highest BCUT2D eigenvalue weighted by Gasteiger charge is 2.23. The van der Waals surface area contributed by atoms with Gasteiger partial charge in [0.2, 0.25) is 0 Å². The van der Waals surface area contributed by atoms with Crippen molar-refractivity contribution in [2.24, 2.45) is 0 Å². The molecule has 1 aliphatic heterocycles. The number of aryl methyl sites for hydroxylation is 1. The van der Waals surface area contributed by atoms with Crippen LogP contribution in [0.3, 0.4) is 0 Å². The highest BCUT2D eigenvalue weighted by Crippen LogP contribution is 2.31. The van der Waals surface area contributed by atoms with E-state index in [1.807, 2.05) is 37.3 Å². The van der Waals surface area contributed by atoms with Gasteiger partial charge in [0.05, 0.1) is 21.8 Å². The van der Waals surface area contributed by atoms with Crippen molar-refractivity contribution in [3.05, 3.63) is 82.9 Å². The van der Waals surface area contributed by atoms with Gasteiger partial charge < -0.3 is 14.9 Å². The molecule has 1 aliphatic rings. The summed E-state index contributed by atoms with van der Waals surface area (Å²) in [6.45, 7) is 4.57. The van der Waals surface area contributed by atoms with Crippen LogP contribution >= 0.6 is 11.6 Å². The number of piperazine rings is 1. The average molecular weight is 486 g/mol. The zero-order valence-electron chi connectivity index (χ0n) is 18.0. The molecule has 0 aromatic heterocycles. The second kappa shape index (κ2) is 9.33. The van der Waals surface area contributed by atoms with E-state index in [1.54, 1.807) is 18.2 Å². The molecule has 1 fully saturated rings. The van der Waals surface area contributed by atoms with Gasteiger partial charge in [0.1, 0.15) is 0 Å². The molecule has 33 heavy (non-hydrogen) atoms. The van der Waals surface area contributed by atoms with Crippen molar-refractivity contribution < 1.29 is 18.3 Å². The van der Waals surface area contributed by atoms with Crippen molar-refractivity contribution in [2.75, 3.05) is 40.7 Å². The van der Waals surface area contributed by atoms with E-state index in [1.165, 1.54) is 18.2 Å². The molecule has 4 rings (SSSR count). The Hall–Kier alpha value is -3.23. The summed E-state index contributed by atoms with van der Waals surface area (Å²) in [5.74, 6) is -1.12. The number of hydrogen-bond acceptors (Lipinski definition) is 5. The molecule has 3 aromatic carbocycles. The Morgan fingerprint density at radius 2 is 1.61 bits per heavy atom. The molecule has 3 aromatic rings. The molecule has 0 saturated carbocycles. The maximum Gasteiger partial charge on any atom is 0.335 e. The standard InChI is InChI=1S/C24H24ClN3O4S/c1-17-3-2-4-21(15-17)33(31,32)26-22-16-18(24(29)30)5-10-23(22)28-13-11-27(12-14-28)20-8-6-19(25)7-9-20/h2-10,15-16,26H,11-14H2,1H3,(H,29,30). The molecule has 0 aliphatic carbocycles. The monoisotopic (exact) mass is 485 g/mol. The highest BCUT2D eigenvalue weighted by molar-refractivity contribution is 7.92. The predicted molar refractivity (Wildman–Crippen MR) is 131 cm³/mol. The summed E-state index contributed by atoms with van der Waals surface area (Å²) in [6.07, 6.45) is 0. The summed E-state index contributed by atoms with van der Waals surface area (Å²) in [4.78, 5) is 16.0. The number of benzene rings is 3. The molecule has 7 nitrogen and oxygen atoms in total. The van der Waals surface area contributed by atoms with Crippen molar-refractivity contribution in [1.82, 2.24) is 0 Å². The molecule has 2 N–H and O–H groups in total. The van der Waals surface area contributed by atoms with Crippen LogP contribution in [0.5, 0.6) is 0 Å². The summed E-state index contributed by atoms with van der Waals surface area (Å²) < 4.78 is 28.7. The number of halogens is 1. The highest BCUT2D eigenvalue weighted by atomic mass is 35.5. The van der Waals surface area contributed by atoms with E-state index in [0.717, 1.165) is 24.3 Å². The van der Waals surface area contributed by atoms with Crippen LogP contribution in [0, 0.1) is 6.92 Å². The lowest BCUT2D eigenvalue weighted by molar-refractivity contribution is 0.0697. The van der Waals surface area contributed by atoms with E-state index in [0.29, 0.717) is 23.8 Å². The number of nitrogens with zero attached hydrogens (tertiary/aromatic N) is 2. The first-order valence-electron chi connectivity index (χ1n) is 10.5. The van der Waals surface area contributed by atoms with Gasteiger partial charge in [0.15, 0.2) is 0 Å². The van der Waals surface area contributed by atoms with Gasteiger partial charge in [-0.3, -0.25) is 4.72 Å². The van der Waals surface area contributed by atoms with E-state index in [-0.39, 0.29) is 16.1 Å². The lowest BCUT2D eigenvalue weighted by atomic mass is 10.1. The quantitative estimate of drug-likeness (QED) is 0.535. The normalized spacial score (nSPS) is 14.2. The van der Waals surface area contributed by atoms with Gasteiger partial charge in [-0.2, -0.15) is 0 Å². The maximum absolute atomic E-state index is 13.0. The van der Waals surface area contributed by atoms with Gasteiger partial charge in [-0.15, -0.1) is 0 Å². The third-order valence-electron chi connectivity index (χ3n) is 5.60. The molecule has 0 unspecified atom stereocenters. The SMILES string of the molecule is Cc1cccc(S(=O)(=O)Nc2cc(C(=O)O)ccc2N2CCN(c3ccc(Cl)cc3)CC2)c1. The largest absolute Gasteiger partial charge is 0.478 e. The lowest BCUT2D eigenvalue weighted by Crippen LogP contribution is -2.46. The Morgan fingerprint density at radius 1 is 0.939 bits per heavy atom. The Kier molecular flexibility index (Phi) is 6.49. The zero-order chi connectivity index (χ0) is 23.6. The fourth-order valence-corrected chi connectivity index (χ4v) is 5.17. The second-order valence-corrected chi connectivity index (χ2v) is 10.0. The van der Waals surface area contributed by atoms with Crippen LogP contribution in [0.15, 0.2) is 71.6 Å². The first-order valence-corrected chi connectivity index (χ1v) is 12.3. The fourth-order valence-electron chi connectivity index (χ4n) is 3.87. The molecule has 172 valence electrons.